The van der Waals surface area contributed by atoms with Gasteiger partial charge in [0.15, 0.2) is 5.96 Å². The molecule has 0 aliphatic heterocycles. The highest BCUT2D eigenvalue weighted by molar-refractivity contribution is 7.11. The van der Waals surface area contributed by atoms with Crippen LogP contribution in [0, 0.1) is 11.6 Å². The summed E-state index contributed by atoms with van der Waals surface area (Å²) < 4.78 is 26.6. The predicted octanol–water partition coefficient (Wildman–Crippen LogP) is 3.27. The van der Waals surface area contributed by atoms with Gasteiger partial charge in [0.25, 0.3) is 0 Å². The number of thiazole rings is 1. The van der Waals surface area contributed by atoms with Crippen LogP contribution in [0.3, 0.4) is 0 Å². The van der Waals surface area contributed by atoms with Crippen LogP contribution in [-0.2, 0) is 19.3 Å². The zero-order chi connectivity index (χ0) is 16.2. The number of aliphatic imine (C=N–C) groups is 1. The molecule has 4 nitrogen and oxygen atoms in total. The quantitative estimate of drug-likeness (QED) is 0.665. The van der Waals surface area contributed by atoms with Crippen LogP contribution in [0.2, 0.25) is 0 Å². The molecule has 0 unspecified atom stereocenters. The average molecular weight is 336 g/mol. The van der Waals surface area contributed by atoms with Gasteiger partial charge in [-0.15, -0.1) is 11.3 Å². The maximum atomic E-state index is 13.5. The number of halogens is 2. The van der Waals surface area contributed by atoms with Crippen molar-refractivity contribution in [3.8, 4) is 0 Å². The number of aromatic nitrogens is 1. The van der Waals surface area contributed by atoms with Crippen molar-refractivity contribution in [2.24, 2.45) is 10.7 Å². The minimum absolute atomic E-state index is 0.0176. The number of anilines is 1. The maximum Gasteiger partial charge on any atom is 0.193 e. The molecule has 23 heavy (non-hydrogen) atoms. The van der Waals surface area contributed by atoms with Crippen molar-refractivity contribution in [1.82, 2.24) is 4.98 Å². The van der Waals surface area contributed by atoms with Crippen molar-refractivity contribution in [1.29, 1.82) is 0 Å². The highest BCUT2D eigenvalue weighted by Gasteiger charge is 2.14. The number of aryl methyl sites for hydroxylation is 2. The summed E-state index contributed by atoms with van der Waals surface area (Å²) in [5.74, 6) is -1.04. The Hall–Kier alpha value is -2.02. The van der Waals surface area contributed by atoms with Gasteiger partial charge >= 0.3 is 0 Å². The standard InChI is InChI=1S/C16H18F2N4S/c17-10-5-6-11(18)13(9-10)22-16(19)20-8-7-15-21-12-3-1-2-4-14(12)23-15/h5-6,9H,1-4,7-8H2,(H3,19,20,22). The molecule has 1 aliphatic rings. The Morgan fingerprint density at radius 3 is 2.96 bits per heavy atom. The highest BCUT2D eigenvalue weighted by atomic mass is 32.1. The van der Waals surface area contributed by atoms with E-state index < -0.39 is 11.6 Å². The first-order chi connectivity index (χ1) is 11.1. The Bertz CT molecular complexity index is 703. The summed E-state index contributed by atoms with van der Waals surface area (Å²) in [5, 5.41) is 3.64. The zero-order valence-corrected chi connectivity index (χ0v) is 13.4. The maximum absolute atomic E-state index is 13.5. The van der Waals surface area contributed by atoms with Gasteiger partial charge < -0.3 is 11.1 Å². The molecule has 1 aromatic heterocycles. The van der Waals surface area contributed by atoms with E-state index in [1.165, 1.54) is 23.4 Å². The van der Waals surface area contributed by atoms with Gasteiger partial charge in [-0.2, -0.15) is 0 Å². The lowest BCUT2D eigenvalue weighted by Crippen LogP contribution is -2.23. The van der Waals surface area contributed by atoms with Crippen LogP contribution in [0.25, 0.3) is 0 Å². The van der Waals surface area contributed by atoms with Crippen molar-refractivity contribution in [3.05, 3.63) is 45.4 Å². The minimum Gasteiger partial charge on any atom is -0.370 e. The van der Waals surface area contributed by atoms with E-state index in [1.54, 1.807) is 11.3 Å². The van der Waals surface area contributed by atoms with Crippen LogP contribution < -0.4 is 11.1 Å². The summed E-state index contributed by atoms with van der Waals surface area (Å²) in [4.78, 5) is 10.2. The fourth-order valence-electron chi connectivity index (χ4n) is 2.56. The first kappa shape index (κ1) is 15.9. The molecule has 0 amide bonds. The fraction of sp³-hybridized carbons (Fsp3) is 0.375. The van der Waals surface area contributed by atoms with E-state index in [0.29, 0.717) is 13.0 Å². The second kappa shape index (κ2) is 7.04. The van der Waals surface area contributed by atoms with Gasteiger partial charge in [-0.05, 0) is 37.8 Å². The number of benzene rings is 1. The summed E-state index contributed by atoms with van der Waals surface area (Å²) in [5.41, 5.74) is 6.93. The van der Waals surface area contributed by atoms with Crippen LogP contribution in [-0.4, -0.2) is 17.5 Å². The topological polar surface area (TPSA) is 63.3 Å². The second-order valence-corrected chi connectivity index (χ2v) is 6.62. The van der Waals surface area contributed by atoms with E-state index >= 15 is 0 Å². The number of nitrogens with one attached hydrogen (secondary N) is 1. The van der Waals surface area contributed by atoms with Crippen LogP contribution >= 0.6 is 11.3 Å². The molecule has 0 atom stereocenters. The summed E-state index contributed by atoms with van der Waals surface area (Å²) >= 11 is 1.74. The Balaban J connectivity index is 1.57. The van der Waals surface area contributed by atoms with E-state index in [1.807, 2.05) is 0 Å². The van der Waals surface area contributed by atoms with Gasteiger partial charge in [0.1, 0.15) is 11.6 Å². The van der Waals surface area contributed by atoms with Gasteiger partial charge in [0.05, 0.1) is 16.4 Å². The molecule has 0 saturated carbocycles. The minimum atomic E-state index is -0.572. The monoisotopic (exact) mass is 336 g/mol. The smallest absolute Gasteiger partial charge is 0.193 e. The van der Waals surface area contributed by atoms with E-state index in [-0.39, 0.29) is 11.6 Å². The molecule has 1 aromatic carbocycles. The molecular formula is C16H18F2N4S. The van der Waals surface area contributed by atoms with Crippen molar-refractivity contribution >= 4 is 23.0 Å². The molecule has 122 valence electrons. The summed E-state index contributed by atoms with van der Waals surface area (Å²) in [6.45, 7) is 0.460. The third-order valence-corrected chi connectivity index (χ3v) is 4.91. The lowest BCUT2D eigenvalue weighted by molar-refractivity contribution is 0.604. The number of fused-ring (bicyclic) bond motifs is 1. The normalized spacial score (nSPS) is 14.6. The molecule has 2 aromatic rings. The molecular weight excluding hydrogens is 318 g/mol. The average Bonchev–Trinajstić information content (AvgIpc) is 2.93. The van der Waals surface area contributed by atoms with E-state index in [2.05, 4.69) is 15.3 Å². The van der Waals surface area contributed by atoms with Crippen molar-refractivity contribution in [2.45, 2.75) is 32.1 Å². The Morgan fingerprint density at radius 1 is 1.30 bits per heavy atom. The van der Waals surface area contributed by atoms with E-state index in [4.69, 9.17) is 5.73 Å². The largest absolute Gasteiger partial charge is 0.370 e. The Kier molecular flexibility index (Phi) is 4.85. The first-order valence-electron chi connectivity index (χ1n) is 7.61. The van der Waals surface area contributed by atoms with Crippen molar-refractivity contribution in [3.63, 3.8) is 0 Å². The first-order valence-corrected chi connectivity index (χ1v) is 8.43. The lowest BCUT2D eigenvalue weighted by atomic mass is 10.0. The number of nitrogens with zero attached hydrogens (tertiary/aromatic N) is 2. The van der Waals surface area contributed by atoms with Crippen molar-refractivity contribution < 1.29 is 8.78 Å². The number of hydrogen-bond acceptors (Lipinski definition) is 3. The summed E-state index contributed by atoms with van der Waals surface area (Å²) in [6, 6.07) is 3.15. The molecule has 3 rings (SSSR count). The fourth-order valence-corrected chi connectivity index (χ4v) is 3.70. The molecule has 1 aliphatic carbocycles. The Morgan fingerprint density at radius 2 is 2.13 bits per heavy atom. The van der Waals surface area contributed by atoms with Gasteiger partial charge in [0.2, 0.25) is 0 Å². The molecule has 0 spiro atoms. The van der Waals surface area contributed by atoms with Gasteiger partial charge in [0, 0.05) is 23.9 Å². The SMILES string of the molecule is NC(=NCCc1nc2c(s1)CCCC2)Nc1cc(F)ccc1F. The zero-order valence-electron chi connectivity index (χ0n) is 12.6. The number of guanidine groups is 1. The number of rotatable bonds is 4. The molecule has 3 N–H and O–H groups in total. The van der Waals surface area contributed by atoms with Crippen LogP contribution in [0.5, 0.6) is 0 Å². The van der Waals surface area contributed by atoms with Gasteiger partial charge in [-0.3, -0.25) is 4.99 Å². The highest BCUT2D eigenvalue weighted by Crippen LogP contribution is 2.26. The number of hydrogen-bond donors (Lipinski definition) is 2. The molecule has 7 heteroatoms. The van der Waals surface area contributed by atoms with Crippen LogP contribution in [0.15, 0.2) is 23.2 Å². The summed E-state index contributed by atoms with van der Waals surface area (Å²) in [7, 11) is 0. The van der Waals surface area contributed by atoms with Crippen molar-refractivity contribution in [2.75, 3.05) is 11.9 Å². The van der Waals surface area contributed by atoms with Gasteiger partial charge in [-0.1, -0.05) is 0 Å². The summed E-state index contributed by atoms with van der Waals surface area (Å²) in [6.07, 6.45) is 5.34. The lowest BCUT2D eigenvalue weighted by Gasteiger charge is -2.06. The number of nitrogens with two attached hydrogens (primary N) is 1. The van der Waals surface area contributed by atoms with Crippen LogP contribution in [0.4, 0.5) is 14.5 Å². The molecule has 0 bridgehead atoms. The third kappa shape index (κ3) is 4.04. The molecule has 0 fully saturated rings. The Labute approximate surface area is 137 Å². The molecule has 0 radical (unpaired) electrons. The third-order valence-electron chi connectivity index (χ3n) is 3.69. The van der Waals surface area contributed by atoms with Crippen LogP contribution in [0.1, 0.15) is 28.4 Å². The predicted molar refractivity (Wildman–Crippen MR) is 88.9 cm³/mol. The van der Waals surface area contributed by atoms with Gasteiger partial charge in [-0.25, -0.2) is 13.8 Å². The molecule has 1 heterocycles. The second-order valence-electron chi connectivity index (χ2n) is 5.45. The molecule has 0 saturated heterocycles. The van der Waals surface area contributed by atoms with E-state index in [0.717, 1.165) is 36.0 Å². The van der Waals surface area contributed by atoms with E-state index in [9.17, 15) is 8.78 Å².